The molecule has 0 fully saturated rings. The predicted molar refractivity (Wildman–Crippen MR) is 219 cm³/mol. The number of fused-ring (bicyclic) bond motifs is 3. The van der Waals surface area contributed by atoms with Gasteiger partial charge in [0.15, 0.2) is 0 Å². The number of benzene rings is 3. The molecule has 0 radical (unpaired) electrons. The number of carbonyl (C=O) groups is 2. The highest BCUT2D eigenvalue weighted by molar-refractivity contribution is 5.99. The highest BCUT2D eigenvalue weighted by atomic mass is 16.6. The number of aliphatic carboxylic acids is 2. The number of hydrogen-bond donors (Lipinski definition) is 4. The molecule has 6 rings (SSSR count). The van der Waals surface area contributed by atoms with Gasteiger partial charge in [0.25, 0.3) is 5.69 Å². The van der Waals surface area contributed by atoms with E-state index >= 15 is 0 Å². The lowest BCUT2D eigenvalue weighted by Gasteiger charge is -2.08. The number of rotatable bonds is 10. The topological polar surface area (TPSA) is 185 Å². The number of carboxylic acids is 2. The van der Waals surface area contributed by atoms with Crippen molar-refractivity contribution in [3.63, 3.8) is 0 Å². The van der Waals surface area contributed by atoms with Crippen molar-refractivity contribution in [2.75, 3.05) is 0 Å². The van der Waals surface area contributed by atoms with Gasteiger partial charge in [0.1, 0.15) is 17.6 Å². The zero-order chi connectivity index (χ0) is 40.2. The van der Waals surface area contributed by atoms with Crippen molar-refractivity contribution >= 4 is 68.6 Å². The van der Waals surface area contributed by atoms with Gasteiger partial charge in [-0.15, -0.1) is 0 Å². The number of carboxylic acid groups (broad SMARTS) is 2. The van der Waals surface area contributed by atoms with Gasteiger partial charge in [-0.3, -0.25) is 19.7 Å². The second-order valence-electron chi connectivity index (χ2n) is 13.2. The summed E-state index contributed by atoms with van der Waals surface area (Å²) in [6, 6.07) is 15.6. The third-order valence-electron chi connectivity index (χ3n) is 10.1. The van der Waals surface area contributed by atoms with E-state index in [9.17, 15) is 19.7 Å². The Balaban J connectivity index is 0.000000186. The lowest BCUT2D eigenvalue weighted by molar-refractivity contribution is -0.383. The Morgan fingerprint density at radius 1 is 0.741 bits per heavy atom. The smallest absolute Gasteiger partial charge is 0.320 e. The Morgan fingerprint density at radius 2 is 1.22 bits per heavy atom. The van der Waals surface area contributed by atoms with E-state index in [0.29, 0.717) is 22.9 Å². The molecule has 3 aromatic heterocycles. The highest BCUT2D eigenvalue weighted by Crippen LogP contribution is 2.36. The van der Waals surface area contributed by atoms with Crippen LogP contribution in [0.5, 0.6) is 0 Å². The van der Waals surface area contributed by atoms with Crippen molar-refractivity contribution in [1.29, 1.82) is 0 Å². The molecule has 2 unspecified atom stereocenters. The number of nitrogens with zero attached hydrogens (tertiary/aromatic N) is 4. The zero-order valence-corrected chi connectivity index (χ0v) is 31.6. The van der Waals surface area contributed by atoms with E-state index in [-0.39, 0.29) is 12.1 Å². The molecule has 2 atom stereocenters. The highest BCUT2D eigenvalue weighted by Gasteiger charge is 2.25. The van der Waals surface area contributed by atoms with Gasteiger partial charge in [-0.05, 0) is 72.9 Å². The van der Waals surface area contributed by atoms with Crippen LogP contribution in [0.1, 0.15) is 44.9 Å². The molecular formula is C42H48N6O6. The van der Waals surface area contributed by atoms with Crippen LogP contribution in [-0.4, -0.2) is 52.9 Å². The van der Waals surface area contributed by atoms with Crippen LogP contribution in [-0.2, 0) is 43.6 Å². The van der Waals surface area contributed by atoms with Crippen LogP contribution in [0.3, 0.4) is 0 Å². The van der Waals surface area contributed by atoms with Crippen LogP contribution in [0.2, 0.25) is 0 Å². The number of hydrogen-bond acceptors (Lipinski definition) is 6. The summed E-state index contributed by atoms with van der Waals surface area (Å²) in [6.45, 7) is 17.2. The van der Waals surface area contributed by atoms with Crippen molar-refractivity contribution in [2.45, 2.75) is 45.7 Å². The van der Waals surface area contributed by atoms with Crippen LogP contribution in [0, 0.1) is 30.9 Å². The largest absolute Gasteiger partial charge is 0.480 e. The first kappa shape index (κ1) is 40.5. The first-order valence-electron chi connectivity index (χ1n) is 17.2. The molecule has 282 valence electrons. The third-order valence-corrected chi connectivity index (χ3v) is 10.1. The fourth-order valence-electron chi connectivity index (χ4n) is 6.83. The molecule has 3 heterocycles. The van der Waals surface area contributed by atoms with Crippen LogP contribution >= 0.6 is 0 Å². The van der Waals surface area contributed by atoms with Gasteiger partial charge in [-0.1, -0.05) is 62.2 Å². The van der Waals surface area contributed by atoms with E-state index in [4.69, 9.17) is 21.7 Å². The Bertz CT molecular complexity index is 2450. The third kappa shape index (κ3) is 7.75. The second-order valence-corrected chi connectivity index (χ2v) is 13.2. The lowest BCUT2D eigenvalue weighted by atomic mass is 9.99. The van der Waals surface area contributed by atoms with Gasteiger partial charge in [0, 0.05) is 84.3 Å². The molecule has 0 aliphatic heterocycles. The summed E-state index contributed by atoms with van der Waals surface area (Å²) in [4.78, 5) is 32.8. The number of aromatic nitrogens is 3. The number of non-ortho nitro benzene ring substituents is 1. The van der Waals surface area contributed by atoms with E-state index in [1.807, 2.05) is 38.2 Å². The molecule has 54 heavy (non-hydrogen) atoms. The first-order valence-corrected chi connectivity index (χ1v) is 17.2. The standard InChI is InChI=1S/C15H17N3O4.C15H18N2O2.C12H13N/c1-4-9-5-6-12(18(21)22)14-13(9)10(8(2)17(14)3)7-11(16)15(19)20;1-4-10-6-5-7-13-14(10)11(9(2)17(13)3)8-12(16)15(18)19;1-4-10-6-5-7-12-11(10)8-9(2)13(12)3/h4-6,11H,1,7,16H2,2-3H3,(H,19,20);4-7,12H,1,8,16H2,2-3H3,(H,18,19);4-8H,1H2,2-3H3. The van der Waals surface area contributed by atoms with Crippen molar-refractivity contribution in [2.24, 2.45) is 32.6 Å². The Labute approximate surface area is 314 Å². The minimum absolute atomic E-state index is 0.0265. The lowest BCUT2D eigenvalue weighted by Crippen LogP contribution is -2.32. The normalized spacial score (nSPS) is 12.0. The molecule has 0 bridgehead atoms. The monoisotopic (exact) mass is 732 g/mol. The SMILES string of the molecule is C=Cc1ccc([N+](=O)[O-])c2c1c(CC(N)C(=O)O)c(C)n2C.C=Cc1cccc2c1c(CC(N)C(=O)O)c(C)n2C.C=Cc1cccc2c1cc(C)n2C. The van der Waals surface area contributed by atoms with Gasteiger partial charge in [-0.2, -0.15) is 0 Å². The summed E-state index contributed by atoms with van der Waals surface area (Å²) >= 11 is 0. The quantitative estimate of drug-likeness (QED) is 0.0841. The molecule has 0 amide bonds. The van der Waals surface area contributed by atoms with Crippen molar-refractivity contribution in [1.82, 2.24) is 13.7 Å². The van der Waals surface area contributed by atoms with Crippen LogP contribution < -0.4 is 11.5 Å². The number of nitrogens with two attached hydrogens (primary N) is 2. The van der Waals surface area contributed by atoms with E-state index in [2.05, 4.69) is 67.1 Å². The molecule has 0 saturated heterocycles. The molecule has 12 heteroatoms. The van der Waals surface area contributed by atoms with Crippen molar-refractivity contribution < 1.29 is 24.7 Å². The summed E-state index contributed by atoms with van der Waals surface area (Å²) in [7, 11) is 5.78. The molecule has 0 aliphatic rings. The predicted octanol–water partition coefficient (Wildman–Crippen LogP) is 7.21. The zero-order valence-electron chi connectivity index (χ0n) is 31.6. The maximum atomic E-state index is 11.3. The van der Waals surface area contributed by atoms with Gasteiger partial charge >= 0.3 is 11.9 Å². The summed E-state index contributed by atoms with van der Waals surface area (Å²) in [5, 5.41) is 32.3. The van der Waals surface area contributed by atoms with Crippen molar-refractivity contribution in [3.05, 3.63) is 129 Å². The van der Waals surface area contributed by atoms with E-state index in [1.165, 1.54) is 28.2 Å². The maximum absolute atomic E-state index is 11.3. The van der Waals surface area contributed by atoms with Gasteiger partial charge < -0.3 is 35.4 Å². The number of aryl methyl sites for hydroxylation is 4. The number of nitro groups is 1. The average Bonchev–Trinajstić information content (AvgIpc) is 3.69. The molecule has 0 aliphatic carbocycles. The van der Waals surface area contributed by atoms with Crippen molar-refractivity contribution in [3.8, 4) is 0 Å². The second kappa shape index (κ2) is 16.6. The maximum Gasteiger partial charge on any atom is 0.320 e. The molecule has 6 aromatic rings. The fourth-order valence-corrected chi connectivity index (χ4v) is 6.83. The summed E-state index contributed by atoms with van der Waals surface area (Å²) in [5.41, 5.74) is 21.8. The molecular weight excluding hydrogens is 684 g/mol. The first-order chi connectivity index (χ1) is 25.5. The molecule has 12 nitrogen and oxygen atoms in total. The Kier molecular flexibility index (Phi) is 12.5. The van der Waals surface area contributed by atoms with Gasteiger partial charge in [0.2, 0.25) is 0 Å². The Hall–Kier alpha value is -6.24. The number of nitro benzene ring substituents is 1. The van der Waals surface area contributed by atoms with Gasteiger partial charge in [-0.25, -0.2) is 0 Å². The van der Waals surface area contributed by atoms with Gasteiger partial charge in [0.05, 0.1) is 4.92 Å². The van der Waals surface area contributed by atoms with E-state index in [0.717, 1.165) is 39.0 Å². The van der Waals surface area contributed by atoms with E-state index in [1.54, 1.807) is 36.8 Å². The molecule has 0 spiro atoms. The molecule has 3 aromatic carbocycles. The minimum atomic E-state index is -1.11. The molecule has 6 N–H and O–H groups in total. The summed E-state index contributed by atoms with van der Waals surface area (Å²) < 4.78 is 5.96. The Morgan fingerprint density at radius 3 is 1.74 bits per heavy atom. The average molecular weight is 733 g/mol. The minimum Gasteiger partial charge on any atom is -0.480 e. The summed E-state index contributed by atoms with van der Waals surface area (Å²) in [5.74, 6) is -2.09. The van der Waals surface area contributed by atoms with E-state index < -0.39 is 28.9 Å². The summed E-state index contributed by atoms with van der Waals surface area (Å²) in [6.07, 6.45) is 5.71. The van der Waals surface area contributed by atoms with Crippen LogP contribution in [0.25, 0.3) is 50.9 Å². The molecule has 0 saturated carbocycles. The van der Waals surface area contributed by atoms with Crippen LogP contribution in [0.15, 0.2) is 74.3 Å². The van der Waals surface area contributed by atoms with Crippen LogP contribution in [0.4, 0.5) is 5.69 Å². The fraction of sp³-hybridized carbons (Fsp3) is 0.238.